The Morgan fingerprint density at radius 1 is 1.53 bits per heavy atom. The lowest BCUT2D eigenvalue weighted by Gasteiger charge is -1.99. The number of rotatable bonds is 5. The van der Waals surface area contributed by atoms with E-state index in [1.54, 1.807) is 19.1 Å². The van der Waals surface area contributed by atoms with Gasteiger partial charge in [0.05, 0.1) is 19.4 Å². The van der Waals surface area contributed by atoms with Gasteiger partial charge in [-0.15, -0.1) is 0 Å². The Morgan fingerprint density at radius 2 is 2.37 bits per heavy atom. The molecule has 100 valence electrons. The molecule has 0 saturated carbocycles. The number of carbonyl (C=O) groups excluding carboxylic acids is 2. The van der Waals surface area contributed by atoms with E-state index in [2.05, 4.69) is 15.3 Å². The van der Waals surface area contributed by atoms with Crippen molar-refractivity contribution in [2.75, 3.05) is 6.61 Å². The Labute approximate surface area is 109 Å². The van der Waals surface area contributed by atoms with Gasteiger partial charge in [-0.2, -0.15) is 0 Å². The Hall–Kier alpha value is -2.57. The molecule has 0 saturated heterocycles. The summed E-state index contributed by atoms with van der Waals surface area (Å²) in [5.74, 6) is -0.352. The molecule has 0 fully saturated rings. The van der Waals surface area contributed by atoms with Gasteiger partial charge >= 0.3 is 5.97 Å². The second kappa shape index (κ2) is 5.85. The van der Waals surface area contributed by atoms with E-state index in [0.717, 1.165) is 0 Å². The number of hydrogen-bond acceptors (Lipinski definition) is 5. The van der Waals surface area contributed by atoms with Crippen molar-refractivity contribution < 1.29 is 18.7 Å². The molecule has 2 aromatic rings. The molecule has 1 amide bonds. The van der Waals surface area contributed by atoms with Crippen LogP contribution in [0.1, 0.15) is 33.8 Å². The third-order valence-corrected chi connectivity index (χ3v) is 2.28. The van der Waals surface area contributed by atoms with Gasteiger partial charge < -0.3 is 19.5 Å². The maximum absolute atomic E-state index is 11.7. The highest BCUT2D eigenvalue weighted by molar-refractivity contribution is 5.94. The van der Waals surface area contributed by atoms with Gasteiger partial charge in [0.15, 0.2) is 0 Å². The Morgan fingerprint density at radius 3 is 3.05 bits per heavy atom. The minimum atomic E-state index is -0.590. The number of furan rings is 1. The van der Waals surface area contributed by atoms with Gasteiger partial charge in [-0.3, -0.25) is 4.79 Å². The predicted octanol–water partition coefficient (Wildman–Crippen LogP) is 1.11. The fourth-order valence-electron chi connectivity index (χ4n) is 1.41. The third kappa shape index (κ3) is 3.21. The van der Waals surface area contributed by atoms with Crippen LogP contribution in [-0.2, 0) is 11.3 Å². The predicted molar refractivity (Wildman–Crippen MR) is 64.4 cm³/mol. The van der Waals surface area contributed by atoms with Crippen molar-refractivity contribution in [1.29, 1.82) is 0 Å². The molecule has 2 N–H and O–H groups in total. The van der Waals surface area contributed by atoms with Crippen molar-refractivity contribution in [3.05, 3.63) is 41.9 Å². The summed E-state index contributed by atoms with van der Waals surface area (Å²) in [4.78, 5) is 29.6. The van der Waals surface area contributed by atoms with Crippen LogP contribution in [0.3, 0.4) is 0 Å². The first-order chi connectivity index (χ1) is 9.20. The number of ether oxygens (including phenoxy) is 1. The van der Waals surface area contributed by atoms with Crippen molar-refractivity contribution >= 4 is 11.9 Å². The average Bonchev–Trinajstić information content (AvgIpc) is 3.07. The highest BCUT2D eigenvalue weighted by atomic mass is 16.5. The van der Waals surface area contributed by atoms with Crippen LogP contribution >= 0.6 is 0 Å². The van der Waals surface area contributed by atoms with Gasteiger partial charge in [0, 0.05) is 6.20 Å². The van der Waals surface area contributed by atoms with Gasteiger partial charge in [0.25, 0.3) is 5.91 Å². The molecule has 0 aliphatic heterocycles. The number of H-pyrrole nitrogens is 1. The van der Waals surface area contributed by atoms with Crippen LogP contribution in [0.25, 0.3) is 0 Å². The summed E-state index contributed by atoms with van der Waals surface area (Å²) < 4.78 is 9.84. The van der Waals surface area contributed by atoms with E-state index in [9.17, 15) is 9.59 Å². The molecule has 0 atom stereocenters. The van der Waals surface area contributed by atoms with Gasteiger partial charge in [-0.05, 0) is 19.1 Å². The number of nitrogens with zero attached hydrogens (tertiary/aromatic N) is 1. The number of carbonyl (C=O) groups is 2. The zero-order valence-corrected chi connectivity index (χ0v) is 10.3. The molecular formula is C12H13N3O4. The maximum atomic E-state index is 11.7. The number of nitrogens with one attached hydrogen (secondary N) is 2. The topological polar surface area (TPSA) is 97.2 Å². The van der Waals surface area contributed by atoms with E-state index < -0.39 is 11.9 Å². The van der Waals surface area contributed by atoms with E-state index in [0.29, 0.717) is 5.76 Å². The van der Waals surface area contributed by atoms with Crippen molar-refractivity contribution in [3.8, 4) is 0 Å². The molecule has 0 aromatic carbocycles. The lowest BCUT2D eigenvalue weighted by molar-refractivity contribution is 0.0513. The first-order valence-corrected chi connectivity index (χ1v) is 5.73. The highest BCUT2D eigenvalue weighted by Crippen LogP contribution is 2.02. The second-order valence-electron chi connectivity index (χ2n) is 3.62. The van der Waals surface area contributed by atoms with Crippen LogP contribution in [0.2, 0.25) is 0 Å². The molecule has 7 nitrogen and oxygen atoms in total. The monoisotopic (exact) mass is 263 g/mol. The van der Waals surface area contributed by atoms with E-state index in [4.69, 9.17) is 9.15 Å². The van der Waals surface area contributed by atoms with E-state index >= 15 is 0 Å². The van der Waals surface area contributed by atoms with Crippen LogP contribution in [0.5, 0.6) is 0 Å². The fourth-order valence-corrected chi connectivity index (χ4v) is 1.41. The maximum Gasteiger partial charge on any atom is 0.374 e. The summed E-state index contributed by atoms with van der Waals surface area (Å²) in [6.45, 7) is 2.20. The normalized spacial score (nSPS) is 10.2. The molecule has 2 rings (SSSR count). The molecule has 0 aliphatic rings. The number of aromatic nitrogens is 2. The first kappa shape index (κ1) is 12.9. The summed E-state index contributed by atoms with van der Waals surface area (Å²) in [7, 11) is 0. The molecule has 0 bridgehead atoms. The number of esters is 1. The lowest BCUT2D eigenvalue weighted by atomic mass is 10.4. The van der Waals surface area contributed by atoms with Crippen LogP contribution in [-0.4, -0.2) is 28.5 Å². The Bertz CT molecular complexity index is 559. The van der Waals surface area contributed by atoms with Gasteiger partial charge in [0.1, 0.15) is 11.5 Å². The largest absolute Gasteiger partial charge is 0.467 e. The quantitative estimate of drug-likeness (QED) is 0.787. The first-order valence-electron chi connectivity index (χ1n) is 5.73. The molecule has 7 heteroatoms. The number of hydrogen-bond donors (Lipinski definition) is 2. The van der Waals surface area contributed by atoms with Crippen molar-refractivity contribution in [2.45, 2.75) is 13.5 Å². The lowest BCUT2D eigenvalue weighted by Crippen LogP contribution is -2.23. The van der Waals surface area contributed by atoms with Crippen LogP contribution in [0, 0.1) is 0 Å². The SMILES string of the molecule is CCOC(=O)c1nc(C(=O)NCc2ccco2)c[nH]1. The molecule has 0 spiro atoms. The summed E-state index contributed by atoms with van der Waals surface area (Å²) >= 11 is 0. The van der Waals surface area contributed by atoms with Crippen molar-refractivity contribution in [1.82, 2.24) is 15.3 Å². The zero-order chi connectivity index (χ0) is 13.7. The van der Waals surface area contributed by atoms with E-state index in [1.165, 1.54) is 12.5 Å². The molecule has 2 aromatic heterocycles. The standard InChI is InChI=1S/C12H13N3O4/c1-2-18-12(17)10-13-7-9(15-10)11(16)14-6-8-4-3-5-19-8/h3-5,7H,2,6H2,1H3,(H,13,15)(H,14,16). The fraction of sp³-hybridized carbons (Fsp3) is 0.250. The molecule has 2 heterocycles. The van der Waals surface area contributed by atoms with Crippen LogP contribution < -0.4 is 5.32 Å². The third-order valence-electron chi connectivity index (χ3n) is 2.28. The van der Waals surface area contributed by atoms with Gasteiger partial charge in [0.2, 0.25) is 5.82 Å². The molecule has 0 aliphatic carbocycles. The molecule has 0 radical (unpaired) electrons. The zero-order valence-electron chi connectivity index (χ0n) is 10.3. The highest BCUT2D eigenvalue weighted by Gasteiger charge is 2.15. The molecular weight excluding hydrogens is 250 g/mol. The average molecular weight is 263 g/mol. The summed E-state index contributed by atoms with van der Waals surface area (Å²) in [6.07, 6.45) is 2.87. The minimum absolute atomic E-state index is 0.00463. The van der Waals surface area contributed by atoms with E-state index in [1.807, 2.05) is 0 Å². The Kier molecular flexibility index (Phi) is 3.97. The van der Waals surface area contributed by atoms with Gasteiger partial charge in [-0.25, -0.2) is 9.78 Å². The van der Waals surface area contributed by atoms with Crippen LogP contribution in [0.4, 0.5) is 0 Å². The molecule has 19 heavy (non-hydrogen) atoms. The minimum Gasteiger partial charge on any atom is -0.467 e. The summed E-state index contributed by atoms with van der Waals surface area (Å²) in [5, 5.41) is 2.62. The van der Waals surface area contributed by atoms with Crippen molar-refractivity contribution in [3.63, 3.8) is 0 Å². The molecule has 0 unspecified atom stereocenters. The van der Waals surface area contributed by atoms with Crippen LogP contribution in [0.15, 0.2) is 29.0 Å². The summed E-state index contributed by atoms with van der Waals surface area (Å²) in [5.41, 5.74) is 0.120. The smallest absolute Gasteiger partial charge is 0.374 e. The number of amides is 1. The number of imidazole rings is 1. The van der Waals surface area contributed by atoms with E-state index in [-0.39, 0.29) is 24.7 Å². The Balaban J connectivity index is 1.94. The number of aromatic amines is 1. The summed E-state index contributed by atoms with van der Waals surface area (Å²) in [6, 6.07) is 3.48. The van der Waals surface area contributed by atoms with Crippen molar-refractivity contribution in [2.24, 2.45) is 0 Å². The second-order valence-corrected chi connectivity index (χ2v) is 3.62. The van der Waals surface area contributed by atoms with Gasteiger partial charge in [-0.1, -0.05) is 0 Å².